The highest BCUT2D eigenvalue weighted by molar-refractivity contribution is 7.99. The Kier molecular flexibility index (Phi) is 6.48. The van der Waals surface area contributed by atoms with E-state index in [4.69, 9.17) is 9.84 Å². The van der Waals surface area contributed by atoms with Gasteiger partial charge >= 0.3 is 0 Å². The lowest BCUT2D eigenvalue weighted by molar-refractivity contribution is 0.350. The maximum Gasteiger partial charge on any atom is 0.122 e. The molecule has 2 atom stereocenters. The van der Waals surface area contributed by atoms with Crippen LogP contribution in [0.15, 0.2) is 18.2 Å². The van der Waals surface area contributed by atoms with E-state index in [1.54, 1.807) is 7.11 Å². The quantitative estimate of drug-likeness (QED) is 0.857. The lowest BCUT2D eigenvalue weighted by Gasteiger charge is -2.26. The smallest absolute Gasteiger partial charge is 0.122 e. The minimum atomic E-state index is -0.101. The summed E-state index contributed by atoms with van der Waals surface area (Å²) in [7, 11) is 1.71. The van der Waals surface area contributed by atoms with Crippen molar-refractivity contribution in [2.45, 2.75) is 43.6 Å². The summed E-state index contributed by atoms with van der Waals surface area (Å²) < 4.78 is 5.45. The number of methoxy groups -OCH3 is 1. The average molecular weight is 304 g/mol. The number of aliphatic hydroxyl groups excluding tert-OH is 1. The second kappa shape index (κ2) is 8.36. The van der Waals surface area contributed by atoms with Crippen molar-refractivity contribution in [2.24, 2.45) is 5.92 Å². The SMILES string of the molecule is COc1ccc(C#CCO)cc1CSC1CCCC(C)C1. The molecular weight excluding hydrogens is 280 g/mol. The Morgan fingerprint density at radius 1 is 1.38 bits per heavy atom. The van der Waals surface area contributed by atoms with Crippen LogP contribution in [-0.4, -0.2) is 24.1 Å². The van der Waals surface area contributed by atoms with Gasteiger partial charge < -0.3 is 9.84 Å². The number of hydrogen-bond donors (Lipinski definition) is 1. The van der Waals surface area contributed by atoms with Crippen LogP contribution >= 0.6 is 11.8 Å². The van der Waals surface area contributed by atoms with Crippen LogP contribution in [0, 0.1) is 17.8 Å². The lowest BCUT2D eigenvalue weighted by Crippen LogP contribution is -2.15. The number of rotatable bonds is 4. The third-order valence-electron chi connectivity index (χ3n) is 3.96. The van der Waals surface area contributed by atoms with E-state index in [-0.39, 0.29) is 6.61 Å². The first-order chi connectivity index (χ1) is 10.2. The van der Waals surface area contributed by atoms with Crippen LogP contribution in [0.25, 0.3) is 0 Å². The molecule has 0 radical (unpaired) electrons. The van der Waals surface area contributed by atoms with Gasteiger partial charge in [0.2, 0.25) is 0 Å². The van der Waals surface area contributed by atoms with Crippen molar-refractivity contribution in [2.75, 3.05) is 13.7 Å². The van der Waals surface area contributed by atoms with Crippen molar-refractivity contribution in [3.8, 4) is 17.6 Å². The number of ether oxygens (including phenoxy) is 1. The van der Waals surface area contributed by atoms with E-state index in [2.05, 4.69) is 24.8 Å². The molecule has 1 aromatic rings. The number of aliphatic hydroxyl groups is 1. The molecule has 0 heterocycles. The summed E-state index contributed by atoms with van der Waals surface area (Å²) in [4.78, 5) is 0. The van der Waals surface area contributed by atoms with Gasteiger partial charge in [0.15, 0.2) is 0 Å². The minimum Gasteiger partial charge on any atom is -0.496 e. The second-order valence-corrected chi connectivity index (χ2v) is 6.98. The predicted molar refractivity (Wildman–Crippen MR) is 89.7 cm³/mol. The van der Waals surface area contributed by atoms with Gasteiger partial charge in [0.05, 0.1) is 7.11 Å². The van der Waals surface area contributed by atoms with E-state index in [9.17, 15) is 0 Å². The molecular formula is C18H24O2S. The van der Waals surface area contributed by atoms with E-state index in [0.29, 0.717) is 0 Å². The van der Waals surface area contributed by atoms with Crippen LogP contribution in [0.5, 0.6) is 5.75 Å². The van der Waals surface area contributed by atoms with Crippen molar-refractivity contribution in [3.63, 3.8) is 0 Å². The molecule has 1 aliphatic carbocycles. The molecule has 2 unspecified atom stereocenters. The normalized spacial score (nSPS) is 21.5. The molecule has 0 saturated heterocycles. The van der Waals surface area contributed by atoms with Gasteiger partial charge in [0.1, 0.15) is 12.4 Å². The molecule has 114 valence electrons. The monoisotopic (exact) mass is 304 g/mol. The third-order valence-corrected chi connectivity index (χ3v) is 5.33. The fourth-order valence-electron chi connectivity index (χ4n) is 2.85. The number of thioether (sulfide) groups is 1. The van der Waals surface area contributed by atoms with Gasteiger partial charge in [-0.2, -0.15) is 11.8 Å². The van der Waals surface area contributed by atoms with Crippen molar-refractivity contribution in [1.29, 1.82) is 0 Å². The molecule has 2 rings (SSSR count). The van der Waals surface area contributed by atoms with Crippen LogP contribution in [0.1, 0.15) is 43.7 Å². The maximum absolute atomic E-state index is 8.79. The Bertz CT molecular complexity index is 516. The van der Waals surface area contributed by atoms with E-state index < -0.39 is 0 Å². The molecule has 1 aliphatic rings. The van der Waals surface area contributed by atoms with Crippen LogP contribution in [0.4, 0.5) is 0 Å². The highest BCUT2D eigenvalue weighted by atomic mass is 32.2. The average Bonchev–Trinajstić information content (AvgIpc) is 2.51. The Hall–Kier alpha value is -1.11. The van der Waals surface area contributed by atoms with Crippen molar-refractivity contribution >= 4 is 11.8 Å². The van der Waals surface area contributed by atoms with Crippen molar-refractivity contribution in [1.82, 2.24) is 0 Å². The Labute approximate surface area is 132 Å². The van der Waals surface area contributed by atoms with Crippen LogP contribution in [0.2, 0.25) is 0 Å². The molecule has 0 bridgehead atoms. The van der Waals surface area contributed by atoms with Crippen LogP contribution in [0.3, 0.4) is 0 Å². The topological polar surface area (TPSA) is 29.5 Å². The van der Waals surface area contributed by atoms with Crippen LogP contribution < -0.4 is 4.74 Å². The molecule has 21 heavy (non-hydrogen) atoms. The van der Waals surface area contributed by atoms with E-state index in [0.717, 1.165) is 28.2 Å². The molecule has 2 nitrogen and oxygen atoms in total. The summed E-state index contributed by atoms with van der Waals surface area (Å²) in [5.74, 6) is 8.42. The van der Waals surface area contributed by atoms with Gasteiger partial charge in [0.25, 0.3) is 0 Å². The third kappa shape index (κ3) is 4.98. The van der Waals surface area contributed by atoms with Crippen molar-refractivity contribution < 1.29 is 9.84 Å². The lowest BCUT2D eigenvalue weighted by atomic mass is 9.91. The highest BCUT2D eigenvalue weighted by Crippen LogP contribution is 2.35. The molecule has 1 fully saturated rings. The second-order valence-electron chi connectivity index (χ2n) is 5.69. The number of hydrogen-bond acceptors (Lipinski definition) is 3. The summed E-state index contributed by atoms with van der Waals surface area (Å²) in [6.07, 6.45) is 5.41. The highest BCUT2D eigenvalue weighted by Gasteiger charge is 2.19. The summed E-state index contributed by atoms with van der Waals surface area (Å²) in [5.41, 5.74) is 2.14. The first-order valence-electron chi connectivity index (χ1n) is 7.61. The first-order valence-corrected chi connectivity index (χ1v) is 8.66. The zero-order chi connectivity index (χ0) is 15.1. The summed E-state index contributed by atoms with van der Waals surface area (Å²) in [6.45, 7) is 2.26. The molecule has 0 amide bonds. The number of benzene rings is 1. The maximum atomic E-state index is 8.79. The summed E-state index contributed by atoms with van der Waals surface area (Å²) >= 11 is 2.04. The van der Waals surface area contributed by atoms with Crippen LogP contribution in [-0.2, 0) is 5.75 Å². The van der Waals surface area contributed by atoms with Gasteiger partial charge in [-0.1, -0.05) is 31.6 Å². The standard InChI is InChI=1S/C18H24O2S/c1-14-5-3-7-17(11-14)21-13-16-12-15(6-4-10-19)8-9-18(16)20-2/h8-9,12,14,17,19H,3,5,7,10-11,13H2,1-2H3. The molecule has 3 heteroatoms. The van der Waals surface area contributed by atoms with E-state index in [1.165, 1.54) is 31.2 Å². The van der Waals surface area contributed by atoms with Gasteiger partial charge in [-0.25, -0.2) is 0 Å². The Balaban J connectivity index is 2.03. The molecule has 1 N–H and O–H groups in total. The fourth-order valence-corrected chi connectivity index (χ4v) is 4.29. The van der Waals surface area contributed by atoms with Gasteiger partial charge in [-0.3, -0.25) is 0 Å². The Morgan fingerprint density at radius 3 is 2.95 bits per heavy atom. The molecule has 0 aliphatic heterocycles. The zero-order valence-corrected chi connectivity index (χ0v) is 13.7. The molecule has 1 saturated carbocycles. The Morgan fingerprint density at radius 2 is 2.24 bits per heavy atom. The minimum absolute atomic E-state index is 0.101. The summed E-state index contributed by atoms with van der Waals surface area (Å²) in [6, 6.07) is 6.00. The van der Waals surface area contributed by atoms with Gasteiger partial charge in [-0.05, 0) is 37.0 Å². The van der Waals surface area contributed by atoms with Gasteiger partial charge in [0, 0.05) is 22.1 Å². The fraction of sp³-hybridized carbons (Fsp3) is 0.556. The molecule has 0 spiro atoms. The van der Waals surface area contributed by atoms with Crippen molar-refractivity contribution in [3.05, 3.63) is 29.3 Å². The molecule has 0 aromatic heterocycles. The zero-order valence-electron chi connectivity index (χ0n) is 12.9. The first kappa shape index (κ1) is 16.3. The largest absolute Gasteiger partial charge is 0.496 e. The van der Waals surface area contributed by atoms with Gasteiger partial charge in [-0.15, -0.1) is 0 Å². The summed E-state index contributed by atoms with van der Waals surface area (Å²) in [5, 5.41) is 9.56. The van der Waals surface area contributed by atoms with E-state index >= 15 is 0 Å². The molecule has 1 aromatic carbocycles. The predicted octanol–water partition coefficient (Wildman–Crippen LogP) is 3.85. The van der Waals surface area contributed by atoms with E-state index in [1.807, 2.05) is 23.9 Å².